The molecule has 1 aromatic heterocycles. The van der Waals surface area contributed by atoms with Crippen LogP contribution in [-0.4, -0.2) is 43.8 Å². The molecule has 1 N–H and O–H groups in total. The number of carbonyl (C=O) groups excluding carboxylic acids is 1. The van der Waals surface area contributed by atoms with Crippen molar-refractivity contribution in [2.45, 2.75) is 32.1 Å². The monoisotopic (exact) mass is 473 g/mol. The van der Waals surface area contributed by atoms with Crippen molar-refractivity contribution in [2.24, 2.45) is 0 Å². The first-order valence-electron chi connectivity index (χ1n) is 10.3. The predicted octanol–water partition coefficient (Wildman–Crippen LogP) is 4.33. The Morgan fingerprint density at radius 3 is 2.56 bits per heavy atom. The van der Waals surface area contributed by atoms with Gasteiger partial charge in [0.25, 0.3) is 5.91 Å². The summed E-state index contributed by atoms with van der Waals surface area (Å²) in [5.41, 5.74) is 2.58. The minimum Gasteiger partial charge on any atom is -0.495 e. The van der Waals surface area contributed by atoms with E-state index in [-0.39, 0.29) is 16.2 Å². The van der Waals surface area contributed by atoms with E-state index in [1.807, 2.05) is 19.1 Å². The first-order valence-corrected chi connectivity index (χ1v) is 12.5. The minimum absolute atomic E-state index is 0.0318. The molecular formula is C23H27N3O4S2. The number of rotatable bonds is 9. The number of methoxy groups -OCH3 is 1. The molecule has 0 atom stereocenters. The Balaban J connectivity index is 1.81. The molecule has 0 saturated heterocycles. The molecule has 32 heavy (non-hydrogen) atoms. The van der Waals surface area contributed by atoms with Gasteiger partial charge in [-0.1, -0.05) is 43.7 Å². The Morgan fingerprint density at radius 2 is 1.91 bits per heavy atom. The second-order valence-corrected chi connectivity index (χ2v) is 10.2. The molecule has 0 aliphatic rings. The van der Waals surface area contributed by atoms with Gasteiger partial charge in [0.1, 0.15) is 10.6 Å². The quantitative estimate of drug-likeness (QED) is 0.500. The van der Waals surface area contributed by atoms with Crippen molar-refractivity contribution in [2.75, 3.05) is 25.5 Å². The van der Waals surface area contributed by atoms with E-state index >= 15 is 0 Å². The average Bonchev–Trinajstić information content (AvgIpc) is 3.20. The average molecular weight is 474 g/mol. The van der Waals surface area contributed by atoms with E-state index in [2.05, 4.69) is 22.4 Å². The van der Waals surface area contributed by atoms with Crippen molar-refractivity contribution in [3.8, 4) is 5.75 Å². The number of aryl methyl sites for hydroxylation is 1. The molecule has 0 aliphatic heterocycles. The number of carbonyl (C=O) groups is 1. The zero-order valence-electron chi connectivity index (χ0n) is 18.6. The number of ether oxygens (including phenoxy) is 1. The number of nitrogens with one attached hydrogen (secondary N) is 1. The van der Waals surface area contributed by atoms with Gasteiger partial charge in [0.15, 0.2) is 5.13 Å². The normalized spacial score (nSPS) is 11.5. The van der Waals surface area contributed by atoms with Crippen LogP contribution >= 0.6 is 11.3 Å². The number of hydrogen-bond donors (Lipinski definition) is 1. The highest BCUT2D eigenvalue weighted by Gasteiger charge is 2.27. The van der Waals surface area contributed by atoms with Crippen molar-refractivity contribution >= 4 is 32.4 Å². The van der Waals surface area contributed by atoms with Gasteiger partial charge in [0.2, 0.25) is 10.0 Å². The molecule has 0 radical (unpaired) electrons. The minimum atomic E-state index is -3.79. The molecule has 9 heteroatoms. The molecule has 0 aliphatic carbocycles. The Bertz CT molecular complexity index is 1200. The largest absolute Gasteiger partial charge is 0.495 e. The molecule has 2 aromatic carbocycles. The van der Waals surface area contributed by atoms with Gasteiger partial charge in [-0.15, -0.1) is 11.3 Å². The van der Waals surface area contributed by atoms with Crippen molar-refractivity contribution < 1.29 is 17.9 Å². The molecule has 0 bridgehead atoms. The van der Waals surface area contributed by atoms with Crippen LogP contribution in [0.2, 0.25) is 0 Å². The summed E-state index contributed by atoms with van der Waals surface area (Å²) >= 11 is 1.39. The summed E-state index contributed by atoms with van der Waals surface area (Å²) < 4.78 is 32.6. The van der Waals surface area contributed by atoms with Crippen LogP contribution in [0.3, 0.4) is 0 Å². The van der Waals surface area contributed by atoms with Crippen LogP contribution in [0.4, 0.5) is 5.13 Å². The topological polar surface area (TPSA) is 88.6 Å². The Kier molecular flexibility index (Phi) is 7.65. The second-order valence-electron chi connectivity index (χ2n) is 7.21. The van der Waals surface area contributed by atoms with Crippen molar-refractivity contribution in [1.82, 2.24) is 9.29 Å². The number of sulfonamides is 1. The number of hydrogen-bond acceptors (Lipinski definition) is 6. The molecule has 3 rings (SSSR count). The number of benzene rings is 2. The maximum atomic E-state index is 13.0. The standard InChI is InChI=1S/C23H27N3O4S2/c1-5-26(6-2)32(28,29)21-14-18(10-11-20(21)30-4)22(27)25-23-24-15-19(31-23)13-17-9-7-8-16(3)12-17/h7-12,14-15H,5-6,13H2,1-4H3,(H,24,25,27). The van der Waals surface area contributed by atoms with Crippen LogP contribution in [-0.2, 0) is 16.4 Å². The summed E-state index contributed by atoms with van der Waals surface area (Å²) in [6.45, 7) is 6.22. The van der Waals surface area contributed by atoms with Crippen LogP contribution in [0.25, 0.3) is 0 Å². The molecule has 0 unspecified atom stereocenters. The predicted molar refractivity (Wildman–Crippen MR) is 127 cm³/mol. The van der Waals surface area contributed by atoms with Gasteiger partial charge in [-0.3, -0.25) is 10.1 Å². The molecule has 7 nitrogen and oxygen atoms in total. The highest BCUT2D eigenvalue weighted by Crippen LogP contribution is 2.29. The van der Waals surface area contributed by atoms with Gasteiger partial charge in [0.05, 0.1) is 7.11 Å². The maximum Gasteiger partial charge on any atom is 0.257 e. The summed E-state index contributed by atoms with van der Waals surface area (Å²) in [5.74, 6) is -0.233. The molecular weight excluding hydrogens is 446 g/mol. The van der Waals surface area contributed by atoms with Crippen LogP contribution in [0.1, 0.15) is 40.2 Å². The molecule has 1 amide bonds. The van der Waals surface area contributed by atoms with E-state index in [1.165, 1.54) is 52.1 Å². The zero-order valence-corrected chi connectivity index (χ0v) is 20.2. The van der Waals surface area contributed by atoms with Gasteiger partial charge >= 0.3 is 0 Å². The molecule has 3 aromatic rings. The Labute approximate surface area is 193 Å². The number of amides is 1. The third-order valence-electron chi connectivity index (χ3n) is 4.98. The molecule has 1 heterocycles. The highest BCUT2D eigenvalue weighted by atomic mass is 32.2. The number of aromatic nitrogens is 1. The number of anilines is 1. The van der Waals surface area contributed by atoms with Crippen molar-refractivity contribution in [3.63, 3.8) is 0 Å². The fourth-order valence-electron chi connectivity index (χ4n) is 3.36. The molecule has 170 valence electrons. The van der Waals surface area contributed by atoms with Crippen molar-refractivity contribution in [1.29, 1.82) is 0 Å². The smallest absolute Gasteiger partial charge is 0.257 e. The van der Waals surface area contributed by atoms with Gasteiger partial charge in [-0.2, -0.15) is 4.31 Å². The van der Waals surface area contributed by atoms with Crippen LogP contribution in [0.5, 0.6) is 5.75 Å². The number of thiazole rings is 1. The van der Waals surface area contributed by atoms with Crippen LogP contribution in [0, 0.1) is 6.92 Å². The van der Waals surface area contributed by atoms with Crippen LogP contribution < -0.4 is 10.1 Å². The molecule has 0 spiro atoms. The lowest BCUT2D eigenvalue weighted by Gasteiger charge is -2.20. The lowest BCUT2D eigenvalue weighted by atomic mass is 10.1. The third kappa shape index (κ3) is 5.35. The van der Waals surface area contributed by atoms with E-state index in [1.54, 1.807) is 20.0 Å². The van der Waals surface area contributed by atoms with Crippen LogP contribution in [0.15, 0.2) is 53.6 Å². The molecule has 0 saturated carbocycles. The lowest BCUT2D eigenvalue weighted by Crippen LogP contribution is -2.31. The fourth-order valence-corrected chi connectivity index (χ4v) is 5.84. The van der Waals surface area contributed by atoms with E-state index < -0.39 is 15.9 Å². The first kappa shape index (κ1) is 23.9. The summed E-state index contributed by atoms with van der Waals surface area (Å²) in [6.07, 6.45) is 2.47. The summed E-state index contributed by atoms with van der Waals surface area (Å²) in [4.78, 5) is 18.1. The van der Waals surface area contributed by atoms with E-state index in [0.29, 0.717) is 18.2 Å². The Morgan fingerprint density at radius 1 is 1.16 bits per heavy atom. The van der Waals surface area contributed by atoms with Gasteiger partial charge in [-0.05, 0) is 30.7 Å². The van der Waals surface area contributed by atoms with E-state index in [4.69, 9.17) is 4.74 Å². The highest BCUT2D eigenvalue weighted by molar-refractivity contribution is 7.89. The van der Waals surface area contributed by atoms with Crippen molar-refractivity contribution in [3.05, 3.63) is 70.2 Å². The second kappa shape index (κ2) is 10.2. The summed E-state index contributed by atoms with van der Waals surface area (Å²) in [7, 11) is -2.39. The van der Waals surface area contributed by atoms with E-state index in [9.17, 15) is 13.2 Å². The number of nitrogens with zero attached hydrogens (tertiary/aromatic N) is 2. The van der Waals surface area contributed by atoms with Gasteiger partial charge in [-0.25, -0.2) is 13.4 Å². The maximum absolute atomic E-state index is 13.0. The third-order valence-corrected chi connectivity index (χ3v) is 7.97. The first-order chi connectivity index (χ1) is 15.3. The molecule has 0 fully saturated rings. The fraction of sp³-hybridized carbons (Fsp3) is 0.304. The SMILES string of the molecule is CCN(CC)S(=O)(=O)c1cc(C(=O)Nc2ncc(Cc3cccc(C)c3)s2)ccc1OC. The van der Waals surface area contributed by atoms with Gasteiger partial charge in [0, 0.05) is 36.1 Å². The van der Waals surface area contributed by atoms with Gasteiger partial charge < -0.3 is 4.74 Å². The summed E-state index contributed by atoms with van der Waals surface area (Å²) in [6, 6.07) is 12.6. The lowest BCUT2D eigenvalue weighted by molar-refractivity contribution is 0.102. The Hall–Kier alpha value is -2.75. The summed E-state index contributed by atoms with van der Waals surface area (Å²) in [5, 5.41) is 3.23. The zero-order chi connectivity index (χ0) is 23.3. The van der Waals surface area contributed by atoms with E-state index in [0.717, 1.165) is 11.3 Å².